The van der Waals surface area contributed by atoms with Gasteiger partial charge in [0.05, 0.1) is 6.54 Å². The average molecular weight is 239 g/mol. The van der Waals surface area contributed by atoms with Crippen molar-refractivity contribution < 1.29 is 19.1 Å². The Labute approximate surface area is 99.8 Å². The van der Waals surface area contributed by atoms with E-state index in [2.05, 4.69) is 5.32 Å². The highest BCUT2D eigenvalue weighted by atomic mass is 16.4. The Kier molecular flexibility index (Phi) is 4.75. The average Bonchev–Trinajstić information content (AvgIpc) is 2.75. The van der Waals surface area contributed by atoms with E-state index in [1.54, 1.807) is 6.07 Å². The Balaban J connectivity index is 2.39. The van der Waals surface area contributed by atoms with Gasteiger partial charge in [-0.3, -0.25) is 4.79 Å². The van der Waals surface area contributed by atoms with E-state index in [-0.39, 0.29) is 18.2 Å². The number of hydrogen-bond donors (Lipinski definition) is 2. The van der Waals surface area contributed by atoms with Gasteiger partial charge in [0.25, 0.3) is 0 Å². The van der Waals surface area contributed by atoms with E-state index in [4.69, 9.17) is 9.52 Å². The predicted octanol–water partition coefficient (Wildman–Crippen LogP) is 2.03. The van der Waals surface area contributed by atoms with Crippen molar-refractivity contribution in [1.29, 1.82) is 0 Å². The molecule has 0 aliphatic heterocycles. The van der Waals surface area contributed by atoms with Crippen LogP contribution < -0.4 is 5.32 Å². The van der Waals surface area contributed by atoms with Gasteiger partial charge in [-0.1, -0.05) is 20.3 Å². The fraction of sp³-hybridized carbons (Fsp3) is 0.500. The van der Waals surface area contributed by atoms with Gasteiger partial charge in [0.2, 0.25) is 11.7 Å². The maximum atomic E-state index is 11.5. The van der Waals surface area contributed by atoms with E-state index in [1.807, 2.05) is 13.8 Å². The van der Waals surface area contributed by atoms with E-state index in [0.717, 1.165) is 6.42 Å². The second kappa shape index (κ2) is 6.08. The summed E-state index contributed by atoms with van der Waals surface area (Å²) in [6, 6.07) is 2.92. The SMILES string of the molecule is CCC(C)CC(=O)NCc1ccc(C(=O)O)o1. The summed E-state index contributed by atoms with van der Waals surface area (Å²) < 4.78 is 5.01. The number of carboxylic acid groups (broad SMARTS) is 1. The Bertz CT molecular complexity index is 397. The van der Waals surface area contributed by atoms with Crippen LogP contribution in [0.3, 0.4) is 0 Å². The smallest absolute Gasteiger partial charge is 0.371 e. The molecule has 0 bridgehead atoms. The number of furan rings is 1. The van der Waals surface area contributed by atoms with Crippen molar-refractivity contribution in [3.8, 4) is 0 Å². The van der Waals surface area contributed by atoms with Crippen LogP contribution >= 0.6 is 0 Å². The second-order valence-electron chi connectivity index (χ2n) is 4.07. The molecule has 0 saturated carbocycles. The maximum Gasteiger partial charge on any atom is 0.371 e. The lowest BCUT2D eigenvalue weighted by Crippen LogP contribution is -2.24. The van der Waals surface area contributed by atoms with Gasteiger partial charge < -0.3 is 14.8 Å². The van der Waals surface area contributed by atoms with Crippen LogP contribution in [0.1, 0.15) is 43.0 Å². The third-order valence-electron chi connectivity index (χ3n) is 2.56. The molecule has 1 amide bonds. The largest absolute Gasteiger partial charge is 0.475 e. The van der Waals surface area contributed by atoms with Gasteiger partial charge in [-0.2, -0.15) is 0 Å². The number of rotatable bonds is 6. The summed E-state index contributed by atoms with van der Waals surface area (Å²) in [5, 5.41) is 11.3. The summed E-state index contributed by atoms with van der Waals surface area (Å²) in [7, 11) is 0. The molecule has 0 radical (unpaired) electrons. The molecule has 0 saturated heterocycles. The normalized spacial score (nSPS) is 12.1. The lowest BCUT2D eigenvalue weighted by atomic mass is 10.1. The number of nitrogens with one attached hydrogen (secondary N) is 1. The summed E-state index contributed by atoms with van der Waals surface area (Å²) in [6.07, 6.45) is 1.43. The van der Waals surface area contributed by atoms with Gasteiger partial charge in [0.15, 0.2) is 0 Å². The molecule has 1 heterocycles. The number of carboxylic acids is 1. The first-order valence-corrected chi connectivity index (χ1v) is 5.61. The zero-order valence-corrected chi connectivity index (χ0v) is 10.0. The quantitative estimate of drug-likeness (QED) is 0.796. The van der Waals surface area contributed by atoms with Crippen LogP contribution in [0, 0.1) is 5.92 Å². The Morgan fingerprint density at radius 1 is 1.47 bits per heavy atom. The monoisotopic (exact) mass is 239 g/mol. The fourth-order valence-electron chi connectivity index (χ4n) is 1.31. The van der Waals surface area contributed by atoms with Crippen LogP contribution in [0.25, 0.3) is 0 Å². The van der Waals surface area contributed by atoms with Crippen LogP contribution in [-0.2, 0) is 11.3 Å². The minimum absolute atomic E-state index is 0.0485. The van der Waals surface area contributed by atoms with Crippen LogP contribution in [0.4, 0.5) is 0 Å². The van der Waals surface area contributed by atoms with E-state index in [1.165, 1.54) is 6.07 Å². The topological polar surface area (TPSA) is 79.5 Å². The molecule has 0 aliphatic carbocycles. The highest BCUT2D eigenvalue weighted by Gasteiger charge is 2.10. The van der Waals surface area contributed by atoms with Crippen molar-refractivity contribution in [1.82, 2.24) is 5.32 Å². The zero-order valence-electron chi connectivity index (χ0n) is 10.0. The molecule has 17 heavy (non-hydrogen) atoms. The molecule has 1 aromatic rings. The first-order valence-electron chi connectivity index (χ1n) is 5.61. The number of hydrogen-bond acceptors (Lipinski definition) is 3. The van der Waals surface area contributed by atoms with Crippen molar-refractivity contribution in [2.75, 3.05) is 0 Å². The van der Waals surface area contributed by atoms with Crippen molar-refractivity contribution >= 4 is 11.9 Å². The molecule has 5 heteroatoms. The molecule has 1 rings (SSSR count). The first-order chi connectivity index (χ1) is 8.02. The molecule has 0 fully saturated rings. The summed E-state index contributed by atoms with van der Waals surface area (Å²) in [6.45, 7) is 4.27. The van der Waals surface area contributed by atoms with E-state index in [0.29, 0.717) is 18.1 Å². The fourth-order valence-corrected chi connectivity index (χ4v) is 1.31. The molecule has 0 spiro atoms. The van der Waals surface area contributed by atoms with Gasteiger partial charge in [-0.25, -0.2) is 4.79 Å². The Morgan fingerprint density at radius 2 is 2.18 bits per heavy atom. The second-order valence-corrected chi connectivity index (χ2v) is 4.07. The zero-order chi connectivity index (χ0) is 12.8. The molecule has 1 atom stereocenters. The highest BCUT2D eigenvalue weighted by Crippen LogP contribution is 2.09. The molecular weight excluding hydrogens is 222 g/mol. The van der Waals surface area contributed by atoms with Crippen LogP contribution in [0.15, 0.2) is 16.5 Å². The van der Waals surface area contributed by atoms with Crippen molar-refractivity contribution in [2.45, 2.75) is 33.2 Å². The molecule has 5 nitrogen and oxygen atoms in total. The third kappa shape index (κ3) is 4.30. The molecule has 1 unspecified atom stereocenters. The Morgan fingerprint density at radius 3 is 2.71 bits per heavy atom. The maximum absolute atomic E-state index is 11.5. The van der Waals surface area contributed by atoms with Crippen LogP contribution in [-0.4, -0.2) is 17.0 Å². The highest BCUT2D eigenvalue weighted by molar-refractivity contribution is 5.84. The van der Waals surface area contributed by atoms with Crippen molar-refractivity contribution in [3.05, 3.63) is 23.7 Å². The number of amides is 1. The number of aromatic carboxylic acids is 1. The lowest BCUT2D eigenvalue weighted by molar-refractivity contribution is -0.122. The van der Waals surface area contributed by atoms with E-state index in [9.17, 15) is 9.59 Å². The molecular formula is C12H17NO4. The molecule has 1 aromatic heterocycles. The predicted molar refractivity (Wildman–Crippen MR) is 61.6 cm³/mol. The van der Waals surface area contributed by atoms with Crippen LogP contribution in [0.5, 0.6) is 0 Å². The van der Waals surface area contributed by atoms with E-state index >= 15 is 0 Å². The van der Waals surface area contributed by atoms with Crippen molar-refractivity contribution in [3.63, 3.8) is 0 Å². The summed E-state index contributed by atoms with van der Waals surface area (Å²) >= 11 is 0. The van der Waals surface area contributed by atoms with Gasteiger partial charge in [-0.05, 0) is 18.1 Å². The van der Waals surface area contributed by atoms with Crippen molar-refractivity contribution in [2.24, 2.45) is 5.92 Å². The minimum atomic E-state index is -1.11. The minimum Gasteiger partial charge on any atom is -0.475 e. The van der Waals surface area contributed by atoms with Gasteiger partial charge in [0.1, 0.15) is 5.76 Å². The summed E-state index contributed by atoms with van der Waals surface area (Å²) in [5.74, 6) is -0.480. The van der Waals surface area contributed by atoms with Gasteiger partial charge in [0, 0.05) is 6.42 Å². The molecule has 2 N–H and O–H groups in total. The van der Waals surface area contributed by atoms with Gasteiger partial charge in [-0.15, -0.1) is 0 Å². The van der Waals surface area contributed by atoms with E-state index < -0.39 is 5.97 Å². The summed E-state index contributed by atoms with van der Waals surface area (Å²) in [5.41, 5.74) is 0. The Hall–Kier alpha value is -1.78. The molecule has 0 aliphatic rings. The van der Waals surface area contributed by atoms with Crippen LogP contribution in [0.2, 0.25) is 0 Å². The summed E-state index contributed by atoms with van der Waals surface area (Å²) in [4.78, 5) is 22.0. The first kappa shape index (κ1) is 13.3. The number of carbonyl (C=O) groups excluding carboxylic acids is 1. The van der Waals surface area contributed by atoms with Gasteiger partial charge >= 0.3 is 5.97 Å². The standard InChI is InChI=1S/C12H17NO4/c1-3-8(2)6-11(14)13-7-9-4-5-10(17-9)12(15)16/h4-5,8H,3,6-7H2,1-2H3,(H,13,14)(H,15,16). The lowest BCUT2D eigenvalue weighted by Gasteiger charge is -2.07. The molecule has 94 valence electrons. The molecule has 0 aromatic carbocycles. The third-order valence-corrected chi connectivity index (χ3v) is 2.56. The number of carbonyl (C=O) groups is 2.